The summed E-state index contributed by atoms with van der Waals surface area (Å²) in [4.78, 5) is 10.8. The maximum Gasteiger partial charge on any atom is 0.331 e. The molecule has 0 saturated heterocycles. The standard InChI is InChI=1S/C14H18BrNO2/c1-3-11(14(17)18)7-8-16-10(2)12-5-4-6-13(15)9-12/h4-7,9-10,16H,3,8H2,1-2H3,(H,17,18)/b11-7-/t10-/m1/s1. The van der Waals surface area contributed by atoms with E-state index in [2.05, 4.69) is 34.2 Å². The van der Waals surface area contributed by atoms with E-state index in [-0.39, 0.29) is 6.04 Å². The second kappa shape index (κ2) is 7.34. The summed E-state index contributed by atoms with van der Waals surface area (Å²) in [5, 5.41) is 12.2. The van der Waals surface area contributed by atoms with Crippen LogP contribution in [0.4, 0.5) is 0 Å². The molecule has 3 nitrogen and oxygen atoms in total. The van der Waals surface area contributed by atoms with Gasteiger partial charge in [-0.2, -0.15) is 0 Å². The van der Waals surface area contributed by atoms with E-state index in [1.165, 1.54) is 5.56 Å². The molecule has 0 heterocycles. The van der Waals surface area contributed by atoms with Gasteiger partial charge < -0.3 is 10.4 Å². The first kappa shape index (κ1) is 14.9. The molecule has 0 spiro atoms. The van der Waals surface area contributed by atoms with E-state index in [0.29, 0.717) is 18.5 Å². The van der Waals surface area contributed by atoms with Crippen molar-refractivity contribution in [1.29, 1.82) is 0 Å². The number of benzene rings is 1. The number of hydrogen-bond acceptors (Lipinski definition) is 2. The predicted octanol–water partition coefficient (Wildman–Crippen LogP) is 3.52. The molecule has 2 N–H and O–H groups in total. The number of carboxylic acid groups (broad SMARTS) is 1. The Labute approximate surface area is 116 Å². The van der Waals surface area contributed by atoms with Crippen LogP contribution in [0.15, 0.2) is 40.4 Å². The summed E-state index contributed by atoms with van der Waals surface area (Å²) < 4.78 is 1.05. The first-order valence-electron chi connectivity index (χ1n) is 5.95. The van der Waals surface area contributed by atoms with Crippen LogP contribution in [0.1, 0.15) is 31.9 Å². The number of halogens is 1. The average molecular weight is 312 g/mol. The molecule has 0 aliphatic rings. The quantitative estimate of drug-likeness (QED) is 0.790. The van der Waals surface area contributed by atoms with E-state index in [0.717, 1.165) is 4.47 Å². The van der Waals surface area contributed by atoms with Crippen molar-refractivity contribution >= 4 is 21.9 Å². The number of aliphatic carboxylic acids is 1. The van der Waals surface area contributed by atoms with Crippen molar-refractivity contribution in [2.75, 3.05) is 6.54 Å². The minimum absolute atomic E-state index is 0.186. The van der Waals surface area contributed by atoms with E-state index in [1.807, 2.05) is 25.1 Å². The molecule has 0 amide bonds. The number of nitrogens with one attached hydrogen (secondary N) is 1. The van der Waals surface area contributed by atoms with Crippen molar-refractivity contribution in [3.63, 3.8) is 0 Å². The molecule has 18 heavy (non-hydrogen) atoms. The van der Waals surface area contributed by atoms with Gasteiger partial charge in [0.2, 0.25) is 0 Å². The largest absolute Gasteiger partial charge is 0.478 e. The van der Waals surface area contributed by atoms with Crippen LogP contribution in [0.5, 0.6) is 0 Å². The third-order valence-electron chi connectivity index (χ3n) is 2.78. The van der Waals surface area contributed by atoms with Crippen molar-refractivity contribution in [2.45, 2.75) is 26.3 Å². The monoisotopic (exact) mass is 311 g/mol. The zero-order valence-corrected chi connectivity index (χ0v) is 12.2. The minimum Gasteiger partial charge on any atom is -0.478 e. The van der Waals surface area contributed by atoms with Gasteiger partial charge in [0.15, 0.2) is 0 Å². The van der Waals surface area contributed by atoms with Gasteiger partial charge in [0.1, 0.15) is 0 Å². The number of carboxylic acids is 1. The Hall–Kier alpha value is -1.13. The van der Waals surface area contributed by atoms with Crippen LogP contribution in [0.3, 0.4) is 0 Å². The summed E-state index contributed by atoms with van der Waals surface area (Å²) >= 11 is 3.43. The molecule has 0 unspecified atom stereocenters. The second-order valence-corrected chi connectivity index (χ2v) is 4.99. The summed E-state index contributed by atoms with van der Waals surface area (Å²) in [7, 11) is 0. The van der Waals surface area contributed by atoms with Gasteiger partial charge in [0.05, 0.1) is 0 Å². The summed E-state index contributed by atoms with van der Waals surface area (Å²) in [6.45, 7) is 4.46. The van der Waals surface area contributed by atoms with Crippen LogP contribution in [0.2, 0.25) is 0 Å². The van der Waals surface area contributed by atoms with Crippen LogP contribution >= 0.6 is 15.9 Å². The lowest BCUT2D eigenvalue weighted by Gasteiger charge is -2.13. The van der Waals surface area contributed by atoms with Gasteiger partial charge >= 0.3 is 5.97 Å². The van der Waals surface area contributed by atoms with Crippen LogP contribution in [0.25, 0.3) is 0 Å². The van der Waals surface area contributed by atoms with Gasteiger partial charge in [-0.05, 0) is 31.0 Å². The number of carbonyl (C=O) groups is 1. The lowest BCUT2D eigenvalue weighted by molar-refractivity contribution is -0.132. The molecule has 0 radical (unpaired) electrons. The van der Waals surface area contributed by atoms with E-state index in [1.54, 1.807) is 6.08 Å². The van der Waals surface area contributed by atoms with Crippen molar-refractivity contribution in [1.82, 2.24) is 5.32 Å². The lowest BCUT2D eigenvalue weighted by atomic mass is 10.1. The van der Waals surface area contributed by atoms with Crippen LogP contribution in [-0.4, -0.2) is 17.6 Å². The van der Waals surface area contributed by atoms with Crippen LogP contribution in [0, 0.1) is 0 Å². The maximum absolute atomic E-state index is 10.8. The third-order valence-corrected chi connectivity index (χ3v) is 3.27. The van der Waals surface area contributed by atoms with Gasteiger partial charge in [0, 0.05) is 22.6 Å². The predicted molar refractivity (Wildman–Crippen MR) is 76.6 cm³/mol. The Morgan fingerprint density at radius 2 is 2.28 bits per heavy atom. The molecule has 0 bridgehead atoms. The molecule has 0 aliphatic heterocycles. The van der Waals surface area contributed by atoms with Crippen molar-refractivity contribution in [2.24, 2.45) is 0 Å². The summed E-state index contributed by atoms with van der Waals surface area (Å²) in [6, 6.07) is 8.26. The Morgan fingerprint density at radius 3 is 2.83 bits per heavy atom. The highest BCUT2D eigenvalue weighted by Gasteiger charge is 2.06. The van der Waals surface area contributed by atoms with Gasteiger partial charge in [-0.15, -0.1) is 0 Å². The van der Waals surface area contributed by atoms with Gasteiger partial charge in [-0.1, -0.05) is 41.1 Å². The molecular formula is C14H18BrNO2. The Morgan fingerprint density at radius 1 is 1.56 bits per heavy atom. The topological polar surface area (TPSA) is 49.3 Å². The molecule has 0 aliphatic carbocycles. The fourth-order valence-corrected chi connectivity index (χ4v) is 2.05. The fourth-order valence-electron chi connectivity index (χ4n) is 1.64. The summed E-state index contributed by atoms with van der Waals surface area (Å²) in [5.41, 5.74) is 1.62. The van der Waals surface area contributed by atoms with E-state index in [4.69, 9.17) is 5.11 Å². The molecule has 0 aromatic heterocycles. The first-order valence-corrected chi connectivity index (χ1v) is 6.75. The maximum atomic E-state index is 10.8. The van der Waals surface area contributed by atoms with E-state index < -0.39 is 5.97 Å². The molecule has 1 aromatic carbocycles. The second-order valence-electron chi connectivity index (χ2n) is 4.07. The van der Waals surface area contributed by atoms with Gasteiger partial charge in [-0.3, -0.25) is 0 Å². The number of hydrogen-bond donors (Lipinski definition) is 2. The molecule has 1 rings (SSSR count). The van der Waals surface area contributed by atoms with Crippen LogP contribution in [-0.2, 0) is 4.79 Å². The van der Waals surface area contributed by atoms with E-state index >= 15 is 0 Å². The Balaban J connectivity index is 2.56. The minimum atomic E-state index is -0.839. The van der Waals surface area contributed by atoms with Crippen molar-refractivity contribution in [3.05, 3.63) is 46.0 Å². The number of rotatable bonds is 6. The molecule has 1 atom stereocenters. The first-order chi connectivity index (χ1) is 8.54. The van der Waals surface area contributed by atoms with Gasteiger partial charge in [-0.25, -0.2) is 4.79 Å². The van der Waals surface area contributed by atoms with Crippen molar-refractivity contribution in [3.8, 4) is 0 Å². The smallest absolute Gasteiger partial charge is 0.331 e. The fraction of sp³-hybridized carbons (Fsp3) is 0.357. The zero-order valence-electron chi connectivity index (χ0n) is 10.6. The molecule has 0 fully saturated rings. The highest BCUT2D eigenvalue weighted by molar-refractivity contribution is 9.10. The van der Waals surface area contributed by atoms with Gasteiger partial charge in [0.25, 0.3) is 0 Å². The SMILES string of the molecule is CC/C(=C/CN[C@H](C)c1cccc(Br)c1)C(=O)O. The normalized spacial score (nSPS) is 13.4. The highest BCUT2D eigenvalue weighted by atomic mass is 79.9. The molecule has 1 aromatic rings. The Bertz CT molecular complexity index is 443. The lowest BCUT2D eigenvalue weighted by Crippen LogP contribution is -2.19. The molecule has 4 heteroatoms. The molecule has 98 valence electrons. The summed E-state index contributed by atoms with van der Waals surface area (Å²) in [6.07, 6.45) is 2.28. The van der Waals surface area contributed by atoms with E-state index in [9.17, 15) is 4.79 Å². The average Bonchev–Trinajstić information content (AvgIpc) is 2.34. The summed E-state index contributed by atoms with van der Waals surface area (Å²) in [5.74, 6) is -0.839. The third kappa shape index (κ3) is 4.63. The Kier molecular flexibility index (Phi) is 6.09. The highest BCUT2D eigenvalue weighted by Crippen LogP contribution is 2.17. The van der Waals surface area contributed by atoms with Crippen LogP contribution < -0.4 is 5.32 Å². The van der Waals surface area contributed by atoms with Crippen molar-refractivity contribution < 1.29 is 9.90 Å². The zero-order chi connectivity index (χ0) is 13.5. The molecule has 0 saturated carbocycles. The molecular weight excluding hydrogens is 294 g/mol.